The van der Waals surface area contributed by atoms with E-state index >= 15 is 0 Å². The lowest BCUT2D eigenvalue weighted by Gasteiger charge is -2.06. The number of anilines is 1. The maximum atomic E-state index is 10.8. The van der Waals surface area contributed by atoms with Crippen LogP contribution in [0.2, 0.25) is 0 Å². The Morgan fingerprint density at radius 3 is 2.85 bits per heavy atom. The molecule has 2 rings (SSSR count). The predicted molar refractivity (Wildman–Crippen MR) is 69.9 cm³/mol. The van der Waals surface area contributed by atoms with Crippen LogP contribution >= 0.6 is 0 Å². The lowest BCUT2D eigenvalue weighted by atomic mass is 10.2. The molecule has 2 aromatic rings. The fourth-order valence-corrected chi connectivity index (χ4v) is 1.47. The molecule has 8 nitrogen and oxygen atoms in total. The largest absolute Gasteiger partial charge is 0.439 e. The van der Waals surface area contributed by atoms with Crippen LogP contribution in [0.4, 0.5) is 11.5 Å². The molecule has 0 aliphatic rings. The molecule has 3 N–H and O–H groups in total. The Kier molecular flexibility index (Phi) is 3.74. The van der Waals surface area contributed by atoms with Crippen molar-refractivity contribution in [3.8, 4) is 17.7 Å². The average molecular weight is 271 g/mol. The van der Waals surface area contributed by atoms with E-state index in [1.807, 2.05) is 6.07 Å². The number of ether oxygens (including phenoxy) is 1. The van der Waals surface area contributed by atoms with Gasteiger partial charge in [0.1, 0.15) is 5.75 Å². The molecule has 0 unspecified atom stereocenters. The van der Waals surface area contributed by atoms with E-state index in [0.29, 0.717) is 11.3 Å². The normalized spacial score (nSPS) is 9.60. The Morgan fingerprint density at radius 1 is 1.40 bits per heavy atom. The summed E-state index contributed by atoms with van der Waals surface area (Å²) in [6.45, 7) is 0. The third kappa shape index (κ3) is 2.98. The van der Waals surface area contributed by atoms with Gasteiger partial charge in [0, 0.05) is 0 Å². The van der Waals surface area contributed by atoms with Gasteiger partial charge in [-0.05, 0) is 18.2 Å². The number of nitrogen functional groups attached to an aromatic ring is 1. The smallest absolute Gasteiger partial charge is 0.278 e. The van der Waals surface area contributed by atoms with Crippen molar-refractivity contribution in [1.29, 1.82) is 5.26 Å². The molecule has 0 fully saturated rings. The minimum atomic E-state index is -0.582. The quantitative estimate of drug-likeness (QED) is 0.494. The van der Waals surface area contributed by atoms with Gasteiger partial charge in [-0.15, -0.1) is 0 Å². The monoisotopic (exact) mass is 271 g/mol. The zero-order valence-electron chi connectivity index (χ0n) is 10.1. The van der Waals surface area contributed by atoms with Gasteiger partial charge < -0.3 is 10.2 Å². The van der Waals surface area contributed by atoms with Crippen molar-refractivity contribution < 1.29 is 9.66 Å². The first-order valence-corrected chi connectivity index (χ1v) is 5.43. The van der Waals surface area contributed by atoms with Crippen molar-refractivity contribution in [2.24, 2.45) is 5.84 Å². The Bertz CT molecular complexity index is 696. The number of nitrogens with one attached hydrogen (secondary N) is 1. The second-order valence-electron chi connectivity index (χ2n) is 3.69. The van der Waals surface area contributed by atoms with Crippen molar-refractivity contribution in [3.63, 3.8) is 0 Å². The highest BCUT2D eigenvalue weighted by Gasteiger charge is 2.12. The number of nitro groups is 1. The SMILES string of the molecule is N#Cc1cccc(Oc2cc([N+](=O)[O-])cc(NN)n2)c1. The number of nitriles is 1. The molecule has 0 spiro atoms. The van der Waals surface area contributed by atoms with Gasteiger partial charge in [0.05, 0.1) is 28.7 Å². The molecule has 0 aliphatic heterocycles. The predicted octanol–water partition coefficient (Wildman–Crippen LogP) is 1.94. The summed E-state index contributed by atoms with van der Waals surface area (Å²) in [7, 11) is 0. The first-order chi connectivity index (χ1) is 9.62. The Balaban J connectivity index is 2.35. The van der Waals surface area contributed by atoms with Crippen molar-refractivity contribution in [2.75, 3.05) is 5.43 Å². The minimum absolute atomic E-state index is 0.00207. The molecule has 0 atom stereocenters. The molecule has 0 bridgehead atoms. The second kappa shape index (κ2) is 5.64. The molecule has 8 heteroatoms. The van der Waals surface area contributed by atoms with Crippen LogP contribution in [0.3, 0.4) is 0 Å². The van der Waals surface area contributed by atoms with Crippen LogP contribution in [0, 0.1) is 21.4 Å². The highest BCUT2D eigenvalue weighted by atomic mass is 16.6. The summed E-state index contributed by atoms with van der Waals surface area (Å²) in [5, 5.41) is 19.6. The average Bonchev–Trinajstić information content (AvgIpc) is 2.47. The van der Waals surface area contributed by atoms with Gasteiger partial charge in [-0.2, -0.15) is 10.2 Å². The van der Waals surface area contributed by atoms with E-state index in [2.05, 4.69) is 10.4 Å². The topological polar surface area (TPSA) is 127 Å². The highest BCUT2D eigenvalue weighted by Crippen LogP contribution is 2.26. The summed E-state index contributed by atoms with van der Waals surface area (Å²) in [5.74, 6) is 5.64. The second-order valence-corrected chi connectivity index (χ2v) is 3.69. The first-order valence-electron chi connectivity index (χ1n) is 5.43. The molecule has 100 valence electrons. The maximum absolute atomic E-state index is 10.8. The summed E-state index contributed by atoms with van der Waals surface area (Å²) < 4.78 is 5.39. The molecule has 20 heavy (non-hydrogen) atoms. The Hall–Kier alpha value is -3.18. The van der Waals surface area contributed by atoms with E-state index < -0.39 is 4.92 Å². The highest BCUT2D eigenvalue weighted by molar-refractivity contribution is 5.48. The maximum Gasteiger partial charge on any atom is 0.278 e. The summed E-state index contributed by atoms with van der Waals surface area (Å²) >= 11 is 0. The number of hydrogen-bond donors (Lipinski definition) is 2. The molecule has 0 saturated carbocycles. The van der Waals surface area contributed by atoms with Crippen molar-refractivity contribution in [1.82, 2.24) is 4.98 Å². The first kappa shape index (κ1) is 13.3. The van der Waals surface area contributed by atoms with Gasteiger partial charge in [-0.25, -0.2) is 5.84 Å². The van der Waals surface area contributed by atoms with Gasteiger partial charge in [-0.1, -0.05) is 6.07 Å². The number of rotatable bonds is 4. The van der Waals surface area contributed by atoms with Gasteiger partial charge in [0.25, 0.3) is 5.69 Å². The van der Waals surface area contributed by atoms with Crippen LogP contribution in [0.5, 0.6) is 11.6 Å². The summed E-state index contributed by atoms with van der Waals surface area (Å²) in [5.41, 5.74) is 2.42. The number of hydrazine groups is 1. The Morgan fingerprint density at radius 2 is 2.20 bits per heavy atom. The summed E-state index contributed by atoms with van der Waals surface area (Å²) in [6, 6.07) is 10.7. The fourth-order valence-electron chi connectivity index (χ4n) is 1.47. The van der Waals surface area contributed by atoms with E-state index in [1.54, 1.807) is 18.2 Å². The number of nitrogens with zero attached hydrogens (tertiary/aromatic N) is 3. The third-order valence-electron chi connectivity index (χ3n) is 2.33. The zero-order valence-corrected chi connectivity index (χ0v) is 10.1. The lowest BCUT2D eigenvalue weighted by Crippen LogP contribution is -2.09. The van der Waals surface area contributed by atoms with E-state index in [1.165, 1.54) is 18.2 Å². The van der Waals surface area contributed by atoms with Crippen molar-refractivity contribution in [2.45, 2.75) is 0 Å². The molecule has 1 aromatic heterocycles. The number of benzene rings is 1. The molecule has 0 saturated heterocycles. The van der Waals surface area contributed by atoms with Crippen LogP contribution < -0.4 is 16.0 Å². The van der Waals surface area contributed by atoms with Gasteiger partial charge in [-0.3, -0.25) is 10.1 Å². The third-order valence-corrected chi connectivity index (χ3v) is 2.33. The molecule has 0 amide bonds. The minimum Gasteiger partial charge on any atom is -0.439 e. The van der Waals surface area contributed by atoms with Crippen LogP contribution in [-0.2, 0) is 0 Å². The van der Waals surface area contributed by atoms with Gasteiger partial charge >= 0.3 is 0 Å². The van der Waals surface area contributed by atoms with Crippen LogP contribution in [0.15, 0.2) is 36.4 Å². The number of aromatic nitrogens is 1. The summed E-state index contributed by atoms with van der Waals surface area (Å²) in [6.07, 6.45) is 0. The zero-order chi connectivity index (χ0) is 14.5. The van der Waals surface area contributed by atoms with E-state index in [0.717, 1.165) is 0 Å². The van der Waals surface area contributed by atoms with Gasteiger partial charge in [0.15, 0.2) is 5.82 Å². The Labute approximate surface area is 113 Å². The van der Waals surface area contributed by atoms with Crippen molar-refractivity contribution >= 4 is 11.5 Å². The number of hydrogen-bond acceptors (Lipinski definition) is 7. The van der Waals surface area contributed by atoms with Crippen molar-refractivity contribution in [3.05, 3.63) is 52.1 Å². The van der Waals surface area contributed by atoms with Crippen LogP contribution in [-0.4, -0.2) is 9.91 Å². The molecular weight excluding hydrogens is 262 g/mol. The molecule has 0 aliphatic carbocycles. The van der Waals surface area contributed by atoms with Gasteiger partial charge in [0.2, 0.25) is 5.88 Å². The molecule has 0 radical (unpaired) electrons. The van der Waals surface area contributed by atoms with E-state index in [9.17, 15) is 10.1 Å². The van der Waals surface area contributed by atoms with E-state index in [-0.39, 0.29) is 17.4 Å². The summed E-state index contributed by atoms with van der Waals surface area (Å²) in [4.78, 5) is 14.1. The standard InChI is InChI=1S/C12H9N5O3/c13-7-8-2-1-3-10(4-8)20-12-6-9(17(18)19)5-11(15-12)16-14/h1-6H,14H2,(H,15,16). The molecule has 1 aromatic carbocycles. The fraction of sp³-hybridized carbons (Fsp3) is 0. The number of pyridine rings is 1. The molecular formula is C12H9N5O3. The van der Waals surface area contributed by atoms with Crippen LogP contribution in [0.25, 0.3) is 0 Å². The van der Waals surface area contributed by atoms with Crippen LogP contribution in [0.1, 0.15) is 5.56 Å². The van der Waals surface area contributed by atoms with E-state index in [4.69, 9.17) is 15.8 Å². The molecule has 1 heterocycles. The number of nitrogens with two attached hydrogens (primary N) is 1. The lowest BCUT2D eigenvalue weighted by molar-refractivity contribution is -0.384.